The van der Waals surface area contributed by atoms with Gasteiger partial charge in [-0.1, -0.05) is 17.7 Å². The van der Waals surface area contributed by atoms with Crippen LogP contribution in [-0.2, 0) is 40.8 Å². The zero-order chi connectivity index (χ0) is 40.2. The summed E-state index contributed by atoms with van der Waals surface area (Å²) in [6.45, 7) is -1.02. The van der Waals surface area contributed by atoms with Crippen LogP contribution in [0.3, 0.4) is 0 Å². The quantitative estimate of drug-likeness (QED) is 0.158. The van der Waals surface area contributed by atoms with Crippen LogP contribution < -0.4 is 15.6 Å². The predicted octanol–water partition coefficient (Wildman–Crippen LogP) is 6.16. The van der Waals surface area contributed by atoms with Crippen molar-refractivity contribution in [3.8, 4) is 5.69 Å². The van der Waals surface area contributed by atoms with Crippen LogP contribution in [0.5, 0.6) is 0 Å². The highest BCUT2D eigenvalue weighted by Gasteiger charge is 2.67. The summed E-state index contributed by atoms with van der Waals surface area (Å²) in [4.78, 5) is 32.9. The van der Waals surface area contributed by atoms with Gasteiger partial charge < -0.3 is 5.32 Å². The summed E-state index contributed by atoms with van der Waals surface area (Å²) >= 11 is 6.51. The van der Waals surface area contributed by atoms with Crippen molar-refractivity contribution in [2.75, 3.05) is 11.0 Å². The van der Waals surface area contributed by atoms with E-state index in [0.29, 0.717) is 10.7 Å². The van der Waals surface area contributed by atoms with E-state index < -0.39 is 98.9 Å². The van der Waals surface area contributed by atoms with Crippen molar-refractivity contribution < 1.29 is 43.9 Å². The highest BCUT2D eigenvalue weighted by atomic mass is 35.5. The molecule has 0 saturated heterocycles. The Morgan fingerprint density at radius 3 is 2.45 bits per heavy atom. The van der Waals surface area contributed by atoms with E-state index in [0.717, 1.165) is 29.0 Å². The van der Waals surface area contributed by atoms with E-state index in [9.17, 15) is 35.6 Å². The van der Waals surface area contributed by atoms with E-state index in [2.05, 4.69) is 25.2 Å². The molecular weight excluding hydrogens is 797 g/mol. The van der Waals surface area contributed by atoms with Gasteiger partial charge in [0.05, 0.1) is 39.4 Å². The Hall–Kier alpha value is -5.50. The van der Waals surface area contributed by atoms with Crippen molar-refractivity contribution >= 4 is 55.2 Å². The second-order valence-corrected chi connectivity index (χ2v) is 15.8. The van der Waals surface area contributed by atoms with Gasteiger partial charge in [0, 0.05) is 31.0 Å². The number of fused-ring (bicyclic) bond motifs is 5. The number of nitrogens with one attached hydrogen (secondary N) is 2. The monoisotopic (exact) mass is 822 g/mol. The van der Waals surface area contributed by atoms with Gasteiger partial charge >= 0.3 is 0 Å². The molecule has 3 atom stereocenters. The fourth-order valence-electron chi connectivity index (χ4n) is 7.58. The lowest BCUT2D eigenvalue weighted by molar-refractivity contribution is -0.123. The van der Waals surface area contributed by atoms with Gasteiger partial charge in [-0.2, -0.15) is 19.0 Å². The molecule has 1 unspecified atom stereocenters. The molecule has 292 valence electrons. The number of carbonyl (C=O) groups excluding carboxylic acids is 1. The molecule has 0 spiro atoms. The summed E-state index contributed by atoms with van der Waals surface area (Å²) in [7, 11) is -2.54. The van der Waals surface area contributed by atoms with Crippen LogP contribution in [0.2, 0.25) is 5.02 Å². The molecule has 1 fully saturated rings. The molecule has 56 heavy (non-hydrogen) atoms. The minimum Gasteiger partial charge on any atom is -0.344 e. The number of hydrogen-bond donors (Lipinski definition) is 2. The molecule has 0 aliphatic heterocycles. The molecule has 0 bridgehead atoms. The minimum atomic E-state index is -3.93. The van der Waals surface area contributed by atoms with Crippen molar-refractivity contribution in [2.24, 2.45) is 13.0 Å². The van der Waals surface area contributed by atoms with E-state index in [1.165, 1.54) is 36.0 Å². The molecule has 3 heterocycles. The number of aryl methyl sites for hydroxylation is 1. The largest absolute Gasteiger partial charge is 0.344 e. The van der Waals surface area contributed by atoms with Crippen LogP contribution in [0.15, 0.2) is 53.3 Å². The third kappa shape index (κ3) is 6.23. The maximum Gasteiger partial charge on any atom is 0.293 e. The Balaban J connectivity index is 1.32. The molecule has 3 aromatic carbocycles. The van der Waals surface area contributed by atoms with Crippen molar-refractivity contribution in [1.29, 1.82) is 0 Å². The first kappa shape index (κ1) is 37.4. The van der Waals surface area contributed by atoms with Gasteiger partial charge in [0.15, 0.2) is 5.82 Å². The van der Waals surface area contributed by atoms with Gasteiger partial charge in [0.1, 0.15) is 46.6 Å². The molecule has 21 heteroatoms. The van der Waals surface area contributed by atoms with Crippen LogP contribution in [-0.4, -0.2) is 49.7 Å². The van der Waals surface area contributed by atoms with Crippen LogP contribution in [0.1, 0.15) is 53.1 Å². The van der Waals surface area contributed by atoms with Crippen LogP contribution >= 0.6 is 11.6 Å². The van der Waals surface area contributed by atoms with E-state index in [1.807, 2.05) is 0 Å². The SMILES string of the molecule is Cn1nc(NS(C)(=O)=O)c2c(Cl)ccc(-n3c(C(Cc4cc(F)cc(F)c4)NC(=O)Cn4nc(C(F)F)c5c4C(F)(F)[C@@H]4C[C@H]54)nc4cccc(F)c4c3=O)c21. The molecule has 3 aromatic heterocycles. The fourth-order valence-corrected chi connectivity index (χ4v) is 8.32. The number of anilines is 1. The van der Waals surface area contributed by atoms with E-state index in [4.69, 9.17) is 11.6 Å². The molecule has 0 radical (unpaired) electrons. The topological polar surface area (TPSA) is 146 Å². The molecule has 6 aromatic rings. The third-order valence-electron chi connectivity index (χ3n) is 9.78. The second kappa shape index (κ2) is 13.0. The molecule has 2 aliphatic rings. The van der Waals surface area contributed by atoms with E-state index >= 15 is 13.2 Å². The fraction of sp³-hybridized carbons (Fsp3) is 0.286. The van der Waals surface area contributed by atoms with Gasteiger partial charge in [-0.25, -0.2) is 35.4 Å². The first-order chi connectivity index (χ1) is 26.3. The van der Waals surface area contributed by atoms with Gasteiger partial charge in [-0.15, -0.1) is 0 Å². The van der Waals surface area contributed by atoms with E-state index in [1.54, 1.807) is 0 Å². The number of carbonyl (C=O) groups is 1. The lowest BCUT2D eigenvalue weighted by atomic mass is 10.0. The second-order valence-electron chi connectivity index (χ2n) is 13.7. The standard InChI is InChI=1S/C35H26ClF7N8O4S/c1-49-29-23(7-6-19(36)26(29)32(47-49)48-56(2,54)55)51-33(45-21-5-3-4-20(39)27(21)34(51)53)22(10-14-8-15(37)11-16(38)9-14)44-24(52)13-50-30-25(28(46-50)31(40)41)17-12-18(17)35(30,42)43/h3-9,11,17-18,22,31H,10,12-13H2,1-2H3,(H,44,52)(H,47,48)/t17-,18+,22?/m0/s1. The Morgan fingerprint density at radius 2 is 1.77 bits per heavy atom. The molecule has 2 N–H and O–H groups in total. The van der Waals surface area contributed by atoms with Crippen molar-refractivity contribution in [2.45, 2.75) is 43.7 Å². The number of nitrogens with zero attached hydrogens (tertiary/aromatic N) is 6. The lowest BCUT2D eigenvalue weighted by Crippen LogP contribution is -2.38. The molecule has 8 rings (SSSR count). The molecular formula is C35H26ClF7N8O4S. The van der Waals surface area contributed by atoms with Crippen molar-refractivity contribution in [3.63, 3.8) is 0 Å². The van der Waals surface area contributed by atoms with E-state index in [-0.39, 0.29) is 56.3 Å². The number of amides is 1. The summed E-state index contributed by atoms with van der Waals surface area (Å²) in [5.41, 5.74) is -3.46. The summed E-state index contributed by atoms with van der Waals surface area (Å²) in [5.74, 6) is -10.4. The summed E-state index contributed by atoms with van der Waals surface area (Å²) in [6.07, 6.45) is -2.89. The predicted molar refractivity (Wildman–Crippen MR) is 188 cm³/mol. The van der Waals surface area contributed by atoms with Gasteiger partial charge in [-0.3, -0.25) is 28.2 Å². The van der Waals surface area contributed by atoms with Crippen LogP contribution in [0.25, 0.3) is 27.5 Å². The molecule has 1 amide bonds. The number of aromatic nitrogens is 6. The highest BCUT2D eigenvalue weighted by molar-refractivity contribution is 7.92. The number of hydrogen-bond acceptors (Lipinski definition) is 7. The van der Waals surface area contributed by atoms with Gasteiger partial charge in [0.2, 0.25) is 15.9 Å². The molecule has 2 aliphatic carbocycles. The summed E-state index contributed by atoms with van der Waals surface area (Å²) in [5, 5.41) is 9.88. The van der Waals surface area contributed by atoms with Crippen molar-refractivity contribution in [1.82, 2.24) is 34.4 Å². The zero-order valence-corrected chi connectivity index (χ0v) is 30.4. The number of halogens is 8. The average molecular weight is 823 g/mol. The third-order valence-corrected chi connectivity index (χ3v) is 10.7. The first-order valence-electron chi connectivity index (χ1n) is 16.7. The number of alkyl halides is 4. The average Bonchev–Trinajstić information content (AvgIpc) is 3.63. The Bertz CT molecular complexity index is 2810. The lowest BCUT2D eigenvalue weighted by Gasteiger charge is -2.24. The Morgan fingerprint density at radius 1 is 1.05 bits per heavy atom. The van der Waals surface area contributed by atoms with Gasteiger partial charge in [-0.05, 0) is 54.3 Å². The van der Waals surface area contributed by atoms with Crippen molar-refractivity contribution in [3.05, 3.63) is 110 Å². The van der Waals surface area contributed by atoms with Crippen LogP contribution in [0.4, 0.5) is 36.6 Å². The molecule has 1 saturated carbocycles. The number of benzene rings is 3. The Labute approximate surface area is 315 Å². The minimum absolute atomic E-state index is 0.00212. The number of rotatable bonds is 10. The maximum absolute atomic E-state index is 15.4. The number of sulfonamides is 1. The molecule has 12 nitrogen and oxygen atoms in total. The zero-order valence-electron chi connectivity index (χ0n) is 28.8. The normalized spacial score (nSPS) is 17.7. The smallest absolute Gasteiger partial charge is 0.293 e. The first-order valence-corrected chi connectivity index (χ1v) is 19.0. The summed E-state index contributed by atoms with van der Waals surface area (Å²) < 4.78 is 132. The maximum atomic E-state index is 15.4. The van der Waals surface area contributed by atoms with Crippen LogP contribution in [0, 0.1) is 23.4 Å². The Kier molecular flexibility index (Phi) is 8.71. The summed E-state index contributed by atoms with van der Waals surface area (Å²) in [6, 6.07) is 7.00. The van der Waals surface area contributed by atoms with Gasteiger partial charge in [0.25, 0.3) is 17.9 Å². The highest BCUT2D eigenvalue weighted by Crippen LogP contribution is 2.68.